The van der Waals surface area contributed by atoms with Crippen LogP contribution in [0.2, 0.25) is 0 Å². The number of ether oxygens (including phenoxy) is 1. The van der Waals surface area contributed by atoms with Crippen molar-refractivity contribution in [2.75, 3.05) is 32.2 Å². The number of benzene rings is 1. The summed E-state index contributed by atoms with van der Waals surface area (Å²) in [6, 6.07) is 5.78. The highest BCUT2D eigenvalue weighted by atomic mass is 16.5. The van der Waals surface area contributed by atoms with Crippen LogP contribution in [0.4, 0.5) is 5.69 Å². The number of rotatable bonds is 5. The summed E-state index contributed by atoms with van der Waals surface area (Å²) in [6.07, 6.45) is 0. The summed E-state index contributed by atoms with van der Waals surface area (Å²) in [5.41, 5.74) is 8.42. The van der Waals surface area contributed by atoms with Gasteiger partial charge in [-0.3, -0.25) is 0 Å². The standard InChI is InChI=1S/C12H19N3O2/c1-9-4-5-10(12(13)14-16)11(8-9)15(2)6-7-17-3/h4-5,8,16H,6-7H2,1-3H3,(H2,13,14). The molecule has 1 aromatic carbocycles. The van der Waals surface area contributed by atoms with E-state index < -0.39 is 0 Å². The van der Waals surface area contributed by atoms with E-state index in [1.54, 1.807) is 7.11 Å². The molecule has 94 valence electrons. The first kappa shape index (κ1) is 13.3. The first-order valence-electron chi connectivity index (χ1n) is 5.38. The van der Waals surface area contributed by atoms with E-state index in [0.717, 1.165) is 23.4 Å². The van der Waals surface area contributed by atoms with Crippen LogP contribution in [0.1, 0.15) is 11.1 Å². The van der Waals surface area contributed by atoms with E-state index >= 15 is 0 Å². The molecule has 0 aliphatic carbocycles. The maximum absolute atomic E-state index is 8.76. The van der Waals surface area contributed by atoms with Gasteiger partial charge in [0.25, 0.3) is 0 Å². The molecule has 1 rings (SSSR count). The molecule has 0 spiro atoms. The number of likely N-dealkylation sites (N-methyl/N-ethyl adjacent to an activating group) is 1. The number of nitrogens with two attached hydrogens (primary N) is 1. The van der Waals surface area contributed by atoms with Crippen LogP contribution in [0.15, 0.2) is 23.4 Å². The fraction of sp³-hybridized carbons (Fsp3) is 0.417. The number of amidine groups is 1. The number of aryl methyl sites for hydroxylation is 1. The topological polar surface area (TPSA) is 71.1 Å². The van der Waals surface area contributed by atoms with Gasteiger partial charge in [-0.15, -0.1) is 0 Å². The summed E-state index contributed by atoms with van der Waals surface area (Å²) >= 11 is 0. The maximum Gasteiger partial charge on any atom is 0.172 e. The van der Waals surface area contributed by atoms with Gasteiger partial charge < -0.3 is 20.6 Å². The van der Waals surface area contributed by atoms with Crippen LogP contribution in [-0.4, -0.2) is 38.4 Å². The summed E-state index contributed by atoms with van der Waals surface area (Å²) in [7, 11) is 3.61. The molecule has 0 saturated carbocycles. The van der Waals surface area contributed by atoms with Crippen molar-refractivity contribution in [3.63, 3.8) is 0 Å². The number of anilines is 1. The van der Waals surface area contributed by atoms with Crippen molar-refractivity contribution in [1.82, 2.24) is 0 Å². The van der Waals surface area contributed by atoms with Gasteiger partial charge in [-0.25, -0.2) is 0 Å². The monoisotopic (exact) mass is 237 g/mol. The second kappa shape index (κ2) is 6.10. The molecule has 0 amide bonds. The van der Waals surface area contributed by atoms with Crippen molar-refractivity contribution in [2.45, 2.75) is 6.92 Å². The van der Waals surface area contributed by atoms with Gasteiger partial charge in [-0.2, -0.15) is 0 Å². The molecular formula is C12H19N3O2. The molecule has 0 saturated heterocycles. The second-order valence-electron chi connectivity index (χ2n) is 3.92. The highest BCUT2D eigenvalue weighted by Gasteiger charge is 2.11. The van der Waals surface area contributed by atoms with Gasteiger partial charge >= 0.3 is 0 Å². The molecule has 0 aliphatic heterocycles. The summed E-state index contributed by atoms with van der Waals surface area (Å²) in [5.74, 6) is 0.115. The lowest BCUT2D eigenvalue weighted by Gasteiger charge is -2.22. The summed E-state index contributed by atoms with van der Waals surface area (Å²) < 4.78 is 5.04. The van der Waals surface area contributed by atoms with Gasteiger partial charge in [0.2, 0.25) is 0 Å². The minimum atomic E-state index is 0.115. The molecule has 0 heterocycles. The van der Waals surface area contributed by atoms with Gasteiger partial charge in [0, 0.05) is 32.0 Å². The molecule has 3 N–H and O–H groups in total. The first-order chi connectivity index (χ1) is 8.10. The average molecular weight is 237 g/mol. The summed E-state index contributed by atoms with van der Waals surface area (Å²) in [5, 5.41) is 11.8. The van der Waals surface area contributed by atoms with E-state index in [4.69, 9.17) is 15.7 Å². The Morgan fingerprint density at radius 2 is 2.24 bits per heavy atom. The van der Waals surface area contributed by atoms with Crippen LogP contribution in [0.5, 0.6) is 0 Å². The zero-order valence-corrected chi connectivity index (χ0v) is 10.5. The Morgan fingerprint density at radius 3 is 2.82 bits per heavy atom. The molecule has 0 radical (unpaired) electrons. The number of hydrogen-bond donors (Lipinski definition) is 2. The Bertz CT molecular complexity index is 405. The fourth-order valence-corrected chi connectivity index (χ4v) is 1.58. The van der Waals surface area contributed by atoms with E-state index in [0.29, 0.717) is 6.61 Å². The Kier molecular flexibility index (Phi) is 4.78. The van der Waals surface area contributed by atoms with E-state index in [2.05, 4.69) is 5.16 Å². The van der Waals surface area contributed by atoms with E-state index in [1.165, 1.54) is 0 Å². The number of oxime groups is 1. The Hall–Kier alpha value is -1.75. The van der Waals surface area contributed by atoms with Gasteiger partial charge in [0.15, 0.2) is 5.84 Å². The summed E-state index contributed by atoms with van der Waals surface area (Å²) in [4.78, 5) is 2.02. The highest BCUT2D eigenvalue weighted by Crippen LogP contribution is 2.21. The third-order valence-corrected chi connectivity index (χ3v) is 2.58. The predicted octanol–water partition coefficient (Wildman–Crippen LogP) is 1.17. The number of nitrogens with zero attached hydrogens (tertiary/aromatic N) is 2. The van der Waals surface area contributed by atoms with Crippen LogP contribution in [0, 0.1) is 6.92 Å². The fourth-order valence-electron chi connectivity index (χ4n) is 1.58. The molecule has 5 heteroatoms. The molecule has 0 fully saturated rings. The molecule has 0 unspecified atom stereocenters. The third kappa shape index (κ3) is 3.35. The Balaban J connectivity index is 3.06. The van der Waals surface area contributed by atoms with Gasteiger partial charge in [-0.05, 0) is 24.6 Å². The lowest BCUT2D eigenvalue weighted by atomic mass is 10.1. The van der Waals surface area contributed by atoms with Crippen LogP contribution in [0.3, 0.4) is 0 Å². The molecule has 5 nitrogen and oxygen atoms in total. The van der Waals surface area contributed by atoms with Crippen molar-refractivity contribution < 1.29 is 9.94 Å². The van der Waals surface area contributed by atoms with Gasteiger partial charge in [-0.1, -0.05) is 11.2 Å². The van der Waals surface area contributed by atoms with E-state index in [9.17, 15) is 0 Å². The largest absolute Gasteiger partial charge is 0.409 e. The average Bonchev–Trinajstić information content (AvgIpc) is 2.34. The van der Waals surface area contributed by atoms with Crippen molar-refractivity contribution in [3.05, 3.63) is 29.3 Å². The predicted molar refractivity (Wildman–Crippen MR) is 68.8 cm³/mol. The first-order valence-corrected chi connectivity index (χ1v) is 5.38. The van der Waals surface area contributed by atoms with Crippen LogP contribution in [-0.2, 0) is 4.74 Å². The second-order valence-corrected chi connectivity index (χ2v) is 3.92. The zero-order valence-electron chi connectivity index (χ0n) is 10.5. The minimum Gasteiger partial charge on any atom is -0.409 e. The normalized spacial score (nSPS) is 11.6. The smallest absolute Gasteiger partial charge is 0.172 e. The minimum absolute atomic E-state index is 0.115. The van der Waals surface area contributed by atoms with Crippen LogP contribution < -0.4 is 10.6 Å². The zero-order chi connectivity index (χ0) is 12.8. The van der Waals surface area contributed by atoms with Crippen molar-refractivity contribution in [2.24, 2.45) is 10.9 Å². The third-order valence-electron chi connectivity index (χ3n) is 2.58. The van der Waals surface area contributed by atoms with Gasteiger partial charge in [0.05, 0.1) is 6.61 Å². The number of methoxy groups -OCH3 is 1. The van der Waals surface area contributed by atoms with E-state index in [1.807, 2.05) is 37.1 Å². The van der Waals surface area contributed by atoms with Crippen LogP contribution in [0.25, 0.3) is 0 Å². The summed E-state index contributed by atoms with van der Waals surface area (Å²) in [6.45, 7) is 3.37. The Morgan fingerprint density at radius 1 is 1.53 bits per heavy atom. The molecule has 0 atom stereocenters. The van der Waals surface area contributed by atoms with Crippen molar-refractivity contribution in [3.8, 4) is 0 Å². The van der Waals surface area contributed by atoms with Crippen LogP contribution >= 0.6 is 0 Å². The van der Waals surface area contributed by atoms with Crippen molar-refractivity contribution >= 4 is 11.5 Å². The molecule has 0 aliphatic rings. The van der Waals surface area contributed by atoms with E-state index in [-0.39, 0.29) is 5.84 Å². The van der Waals surface area contributed by atoms with Gasteiger partial charge in [0.1, 0.15) is 0 Å². The Labute approximate surface area is 101 Å². The number of hydrogen-bond acceptors (Lipinski definition) is 4. The molecule has 1 aromatic rings. The molecular weight excluding hydrogens is 218 g/mol. The molecule has 17 heavy (non-hydrogen) atoms. The molecule has 0 bridgehead atoms. The quantitative estimate of drug-likeness (QED) is 0.349. The SMILES string of the molecule is COCCN(C)c1cc(C)ccc1C(N)=NO. The maximum atomic E-state index is 8.76. The van der Waals surface area contributed by atoms with Crippen molar-refractivity contribution in [1.29, 1.82) is 0 Å². The highest BCUT2D eigenvalue weighted by molar-refractivity contribution is 6.02. The molecule has 0 aromatic heterocycles. The lowest BCUT2D eigenvalue weighted by molar-refractivity contribution is 0.206. The lowest BCUT2D eigenvalue weighted by Crippen LogP contribution is -2.26.